The zero-order chi connectivity index (χ0) is 16.7. The number of benzene rings is 2. The topological polar surface area (TPSA) is 77.8 Å². The lowest BCUT2D eigenvalue weighted by Crippen LogP contribution is -1.89. The quantitative estimate of drug-likeness (QED) is 0.455. The Morgan fingerprint density at radius 2 is 1.79 bits per heavy atom. The second-order valence-corrected chi connectivity index (χ2v) is 6.54. The Labute approximate surface area is 145 Å². The van der Waals surface area contributed by atoms with E-state index in [-0.39, 0.29) is 11.6 Å². The zero-order valence-corrected chi connectivity index (χ0v) is 13.7. The number of aromatic nitrogens is 1. The van der Waals surface area contributed by atoms with Gasteiger partial charge in [-0.3, -0.25) is 4.79 Å². The number of carbonyl (C=O) groups excluding carboxylic acids is 1. The van der Waals surface area contributed by atoms with Crippen LogP contribution in [0, 0.1) is 0 Å². The van der Waals surface area contributed by atoms with Gasteiger partial charge in [-0.15, -0.1) is 21.6 Å². The number of amides is 1. The standard InChI is InChI=1S/C17H10ClN3O2S/c18-13-10-6-2-4-8-12(10)24-15(13)17(23)21-20-14-9-5-1-3-7-11(9)19-16(14)22/h1-8,19,22H. The predicted molar refractivity (Wildman–Crippen MR) is 95.6 cm³/mol. The molecule has 0 unspecified atom stereocenters. The van der Waals surface area contributed by atoms with Crippen LogP contribution < -0.4 is 0 Å². The normalized spacial score (nSPS) is 11.7. The van der Waals surface area contributed by atoms with Crippen LogP contribution in [-0.4, -0.2) is 16.0 Å². The third-order valence-electron chi connectivity index (χ3n) is 3.63. The number of aromatic amines is 1. The first-order valence-corrected chi connectivity index (χ1v) is 8.27. The van der Waals surface area contributed by atoms with Crippen molar-refractivity contribution in [2.24, 2.45) is 10.2 Å². The number of aromatic hydroxyl groups is 1. The van der Waals surface area contributed by atoms with Crippen molar-refractivity contribution < 1.29 is 9.90 Å². The van der Waals surface area contributed by atoms with Crippen LogP contribution in [-0.2, 0) is 0 Å². The zero-order valence-electron chi connectivity index (χ0n) is 12.2. The van der Waals surface area contributed by atoms with Crippen molar-refractivity contribution in [3.63, 3.8) is 0 Å². The van der Waals surface area contributed by atoms with Crippen molar-refractivity contribution in [3.8, 4) is 5.88 Å². The summed E-state index contributed by atoms with van der Waals surface area (Å²) in [6.45, 7) is 0. The van der Waals surface area contributed by atoms with Crippen molar-refractivity contribution in [3.05, 3.63) is 58.4 Å². The fourth-order valence-electron chi connectivity index (χ4n) is 2.51. The van der Waals surface area contributed by atoms with E-state index in [1.54, 1.807) is 12.1 Å². The van der Waals surface area contributed by atoms with Crippen molar-refractivity contribution in [2.75, 3.05) is 0 Å². The van der Waals surface area contributed by atoms with Crippen LogP contribution in [0.15, 0.2) is 58.8 Å². The number of azo groups is 1. The molecule has 4 rings (SSSR count). The molecular formula is C17H10ClN3O2S. The number of nitrogens with zero attached hydrogens (tertiary/aromatic N) is 2. The molecule has 0 saturated carbocycles. The van der Waals surface area contributed by atoms with Gasteiger partial charge in [0.15, 0.2) is 5.69 Å². The average Bonchev–Trinajstić information content (AvgIpc) is 3.10. The van der Waals surface area contributed by atoms with Gasteiger partial charge in [-0.2, -0.15) is 0 Å². The van der Waals surface area contributed by atoms with Crippen molar-refractivity contribution >= 4 is 55.5 Å². The molecule has 4 aromatic rings. The smallest absolute Gasteiger partial charge is 0.307 e. The number of hydrogen-bond acceptors (Lipinski definition) is 4. The van der Waals surface area contributed by atoms with Crippen LogP contribution in [0.3, 0.4) is 0 Å². The molecule has 1 amide bonds. The maximum absolute atomic E-state index is 12.4. The number of hydrogen-bond donors (Lipinski definition) is 2. The Morgan fingerprint density at radius 3 is 2.58 bits per heavy atom. The van der Waals surface area contributed by atoms with E-state index in [1.807, 2.05) is 36.4 Å². The fraction of sp³-hybridized carbons (Fsp3) is 0. The van der Waals surface area contributed by atoms with Crippen LogP contribution in [0.5, 0.6) is 5.88 Å². The lowest BCUT2D eigenvalue weighted by Gasteiger charge is -1.92. The highest BCUT2D eigenvalue weighted by Crippen LogP contribution is 2.37. The number of H-pyrrole nitrogens is 1. The molecular weight excluding hydrogens is 346 g/mol. The fourth-order valence-corrected chi connectivity index (χ4v) is 3.90. The first kappa shape index (κ1) is 14.9. The Kier molecular flexibility index (Phi) is 3.55. The molecule has 0 saturated heterocycles. The second kappa shape index (κ2) is 5.74. The molecule has 0 atom stereocenters. The summed E-state index contributed by atoms with van der Waals surface area (Å²) in [6.07, 6.45) is 0. The molecule has 0 aliphatic carbocycles. The van der Waals surface area contributed by atoms with E-state index in [4.69, 9.17) is 11.6 Å². The lowest BCUT2D eigenvalue weighted by atomic mass is 10.2. The molecule has 0 spiro atoms. The van der Waals surface area contributed by atoms with E-state index in [9.17, 15) is 9.90 Å². The number of rotatable bonds is 2. The molecule has 2 N–H and O–H groups in total. The van der Waals surface area contributed by atoms with Gasteiger partial charge in [0.25, 0.3) is 0 Å². The Balaban J connectivity index is 1.73. The molecule has 2 aromatic heterocycles. The monoisotopic (exact) mass is 355 g/mol. The van der Waals surface area contributed by atoms with Gasteiger partial charge in [-0.25, -0.2) is 0 Å². The van der Waals surface area contributed by atoms with Gasteiger partial charge in [0.05, 0.1) is 10.5 Å². The first-order valence-electron chi connectivity index (χ1n) is 7.08. The van der Waals surface area contributed by atoms with Crippen LogP contribution in [0.2, 0.25) is 5.02 Å². The highest BCUT2D eigenvalue weighted by Gasteiger charge is 2.17. The maximum Gasteiger partial charge on any atom is 0.307 e. The van der Waals surface area contributed by atoms with Crippen LogP contribution in [0.25, 0.3) is 21.0 Å². The molecule has 2 heterocycles. The summed E-state index contributed by atoms with van der Waals surface area (Å²) in [6, 6.07) is 14.7. The Bertz CT molecular complexity index is 1110. The number of carbonyl (C=O) groups is 1. The third-order valence-corrected chi connectivity index (χ3v) is 5.29. The highest BCUT2D eigenvalue weighted by atomic mass is 35.5. The predicted octanol–water partition coefficient (Wildman–Crippen LogP) is 5.67. The van der Waals surface area contributed by atoms with Gasteiger partial charge in [0.1, 0.15) is 4.88 Å². The average molecular weight is 356 g/mol. The van der Waals surface area contributed by atoms with E-state index in [0.29, 0.717) is 15.3 Å². The van der Waals surface area contributed by atoms with Gasteiger partial charge in [-0.05, 0) is 12.1 Å². The Hall–Kier alpha value is -2.70. The number of nitrogens with one attached hydrogen (secondary N) is 1. The van der Waals surface area contributed by atoms with Gasteiger partial charge in [0, 0.05) is 15.5 Å². The van der Waals surface area contributed by atoms with E-state index in [0.717, 1.165) is 15.6 Å². The van der Waals surface area contributed by atoms with Crippen LogP contribution >= 0.6 is 22.9 Å². The molecule has 5 nitrogen and oxygen atoms in total. The molecule has 0 fully saturated rings. The summed E-state index contributed by atoms with van der Waals surface area (Å²) in [5.41, 5.74) is 0.951. The van der Waals surface area contributed by atoms with Crippen LogP contribution in [0.1, 0.15) is 9.67 Å². The first-order chi connectivity index (χ1) is 11.6. The van der Waals surface area contributed by atoms with E-state index >= 15 is 0 Å². The number of fused-ring (bicyclic) bond motifs is 2. The minimum atomic E-state index is -0.536. The molecule has 118 valence electrons. The molecule has 0 radical (unpaired) electrons. The van der Waals surface area contributed by atoms with Crippen molar-refractivity contribution in [1.82, 2.24) is 4.98 Å². The second-order valence-electron chi connectivity index (χ2n) is 5.11. The minimum Gasteiger partial charge on any atom is -0.493 e. The summed E-state index contributed by atoms with van der Waals surface area (Å²) in [5.74, 6) is -0.666. The highest BCUT2D eigenvalue weighted by molar-refractivity contribution is 7.21. The maximum atomic E-state index is 12.4. The van der Waals surface area contributed by atoms with Crippen molar-refractivity contribution in [1.29, 1.82) is 0 Å². The summed E-state index contributed by atoms with van der Waals surface area (Å²) < 4.78 is 0.913. The summed E-state index contributed by atoms with van der Waals surface area (Å²) in [5, 5.41) is 19.5. The largest absolute Gasteiger partial charge is 0.493 e. The summed E-state index contributed by atoms with van der Waals surface area (Å²) in [4.78, 5) is 15.5. The summed E-state index contributed by atoms with van der Waals surface area (Å²) >= 11 is 7.54. The molecule has 0 bridgehead atoms. The lowest BCUT2D eigenvalue weighted by molar-refractivity contribution is 0.0999. The minimum absolute atomic E-state index is 0.129. The van der Waals surface area contributed by atoms with E-state index in [1.165, 1.54) is 11.3 Å². The molecule has 7 heteroatoms. The summed E-state index contributed by atoms with van der Waals surface area (Å²) in [7, 11) is 0. The number of halogens is 1. The van der Waals surface area contributed by atoms with Crippen LogP contribution in [0.4, 0.5) is 5.69 Å². The number of thiophene rings is 1. The van der Waals surface area contributed by atoms with E-state index in [2.05, 4.69) is 15.2 Å². The molecule has 24 heavy (non-hydrogen) atoms. The molecule has 0 aliphatic heterocycles. The van der Waals surface area contributed by atoms with Gasteiger partial charge in [0.2, 0.25) is 5.88 Å². The Morgan fingerprint density at radius 1 is 1.08 bits per heavy atom. The van der Waals surface area contributed by atoms with E-state index < -0.39 is 5.91 Å². The van der Waals surface area contributed by atoms with Gasteiger partial charge in [-0.1, -0.05) is 48.0 Å². The van der Waals surface area contributed by atoms with Gasteiger partial charge < -0.3 is 10.1 Å². The number of para-hydroxylation sites is 1. The molecule has 2 aromatic carbocycles. The SMILES string of the molecule is O=C(N=Nc1c(O)[nH]c2ccccc12)c1sc2ccccc2c1Cl. The molecule has 0 aliphatic rings. The van der Waals surface area contributed by atoms with Crippen molar-refractivity contribution in [2.45, 2.75) is 0 Å². The third kappa shape index (κ3) is 2.36. The van der Waals surface area contributed by atoms with Gasteiger partial charge >= 0.3 is 5.91 Å².